The molecule has 2 atom stereocenters. The van der Waals surface area contributed by atoms with E-state index in [1.165, 1.54) is 12.1 Å². The zero-order valence-corrected chi connectivity index (χ0v) is 22.1. The van der Waals surface area contributed by atoms with Crippen LogP contribution in [-0.4, -0.2) is 41.8 Å². The lowest BCUT2D eigenvalue weighted by molar-refractivity contribution is -0.163. The summed E-state index contributed by atoms with van der Waals surface area (Å²) in [6, 6.07) is 8.02. The standard InChI is InChI=1S/C28H29F3N6O3/c1-26(2)18(8-10-27(26,3)25(39)40)23-36-20(21-22(32)34-12-13-37(21)23)15-4-6-16(7-5-15)24(38)35-19-14-17(9-11-33-19)28(29,30)31/h4-7,9,11-14,18,25,39-40H,8,10H2,1-3H3,(H2,32,34)(H,33,35,38)/t18-,27+/m1/s1. The molecule has 5 rings (SSSR count). The number of carbonyl (C=O) groups is 1. The van der Waals surface area contributed by atoms with E-state index in [0.29, 0.717) is 35.4 Å². The number of fused-ring (bicyclic) bond motifs is 1. The molecular weight excluding hydrogens is 525 g/mol. The summed E-state index contributed by atoms with van der Waals surface area (Å²) in [7, 11) is 0. The quantitative estimate of drug-likeness (QED) is 0.258. The number of anilines is 2. The number of halogens is 3. The van der Waals surface area contributed by atoms with E-state index in [1.807, 2.05) is 25.2 Å². The van der Waals surface area contributed by atoms with Crippen molar-refractivity contribution in [1.29, 1.82) is 0 Å². The fourth-order valence-electron chi connectivity index (χ4n) is 5.62. The van der Waals surface area contributed by atoms with Crippen LogP contribution < -0.4 is 11.1 Å². The first-order valence-electron chi connectivity index (χ1n) is 12.7. The molecule has 1 aliphatic carbocycles. The minimum absolute atomic E-state index is 0.118. The maximum Gasteiger partial charge on any atom is 0.416 e. The normalized spacial score (nSPS) is 20.8. The molecule has 0 unspecified atom stereocenters. The van der Waals surface area contributed by atoms with Gasteiger partial charge in [0.2, 0.25) is 0 Å². The number of nitrogens with zero attached hydrogens (tertiary/aromatic N) is 4. The topological polar surface area (TPSA) is 139 Å². The molecule has 3 heterocycles. The van der Waals surface area contributed by atoms with Crippen molar-refractivity contribution in [2.45, 2.75) is 52.0 Å². The van der Waals surface area contributed by atoms with Gasteiger partial charge in [-0.15, -0.1) is 0 Å². The Kier molecular flexibility index (Phi) is 6.58. The molecule has 210 valence electrons. The molecule has 0 aliphatic heterocycles. The number of aromatic nitrogens is 4. The van der Waals surface area contributed by atoms with Crippen molar-refractivity contribution in [1.82, 2.24) is 19.4 Å². The number of pyridine rings is 1. The minimum Gasteiger partial charge on any atom is -0.382 e. The van der Waals surface area contributed by atoms with E-state index < -0.39 is 34.8 Å². The largest absolute Gasteiger partial charge is 0.416 e. The summed E-state index contributed by atoms with van der Waals surface area (Å²) in [5.74, 6) is 0.0175. The average Bonchev–Trinajstić information content (AvgIpc) is 3.39. The smallest absolute Gasteiger partial charge is 0.382 e. The number of imidazole rings is 1. The van der Waals surface area contributed by atoms with Crippen LogP contribution in [0, 0.1) is 10.8 Å². The SMILES string of the molecule is CC1(C)[C@@H](c2nc(-c3ccc(C(=O)Nc4cc(C(F)(F)F)ccn4)cc3)c3c(N)nccn23)CC[C@@]1(C)C(O)O. The first-order chi connectivity index (χ1) is 18.7. The lowest BCUT2D eigenvalue weighted by Gasteiger charge is -2.42. The molecule has 4 aromatic rings. The Morgan fingerprint density at radius 1 is 1.12 bits per heavy atom. The van der Waals surface area contributed by atoms with E-state index in [9.17, 15) is 28.2 Å². The molecule has 5 N–H and O–H groups in total. The molecule has 3 aromatic heterocycles. The third-order valence-corrected chi connectivity index (χ3v) is 8.54. The monoisotopic (exact) mass is 554 g/mol. The number of aliphatic hydroxyl groups excluding tert-OH is 1. The summed E-state index contributed by atoms with van der Waals surface area (Å²) in [6.07, 6.45) is -0.442. The summed E-state index contributed by atoms with van der Waals surface area (Å²) >= 11 is 0. The van der Waals surface area contributed by atoms with Crippen LogP contribution in [0.3, 0.4) is 0 Å². The lowest BCUT2D eigenvalue weighted by atomic mass is 9.65. The van der Waals surface area contributed by atoms with E-state index in [0.717, 1.165) is 18.3 Å². The van der Waals surface area contributed by atoms with Crippen molar-refractivity contribution in [3.63, 3.8) is 0 Å². The molecule has 1 fully saturated rings. The van der Waals surface area contributed by atoms with Crippen molar-refractivity contribution in [3.8, 4) is 11.3 Å². The first-order valence-corrected chi connectivity index (χ1v) is 12.7. The van der Waals surface area contributed by atoms with E-state index >= 15 is 0 Å². The molecule has 0 radical (unpaired) electrons. The second kappa shape index (κ2) is 9.56. The zero-order valence-electron chi connectivity index (χ0n) is 22.1. The Labute approximate surface area is 227 Å². The number of carbonyl (C=O) groups excluding carboxylic acids is 1. The number of hydrogen-bond acceptors (Lipinski definition) is 7. The highest BCUT2D eigenvalue weighted by Crippen LogP contribution is 2.61. The fourth-order valence-corrected chi connectivity index (χ4v) is 5.62. The number of benzene rings is 1. The molecule has 0 bridgehead atoms. The lowest BCUT2D eigenvalue weighted by Crippen LogP contribution is -2.43. The highest BCUT2D eigenvalue weighted by molar-refractivity contribution is 6.04. The fraction of sp³-hybridized carbons (Fsp3) is 0.357. The summed E-state index contributed by atoms with van der Waals surface area (Å²) in [5, 5.41) is 22.7. The van der Waals surface area contributed by atoms with Gasteiger partial charge in [-0.2, -0.15) is 13.2 Å². The van der Waals surface area contributed by atoms with Gasteiger partial charge in [0.25, 0.3) is 5.91 Å². The average molecular weight is 555 g/mol. The van der Waals surface area contributed by atoms with E-state index in [1.54, 1.807) is 24.5 Å². The van der Waals surface area contributed by atoms with Crippen LogP contribution in [0.25, 0.3) is 16.8 Å². The summed E-state index contributed by atoms with van der Waals surface area (Å²) < 4.78 is 40.9. The van der Waals surface area contributed by atoms with Crippen LogP contribution in [-0.2, 0) is 6.18 Å². The van der Waals surface area contributed by atoms with E-state index in [2.05, 4.69) is 15.3 Å². The number of alkyl halides is 3. The van der Waals surface area contributed by atoms with Crippen molar-refractivity contribution >= 4 is 23.1 Å². The molecule has 1 aliphatic rings. The first kappa shape index (κ1) is 27.5. The summed E-state index contributed by atoms with van der Waals surface area (Å²) in [4.78, 5) is 25.7. The van der Waals surface area contributed by atoms with Gasteiger partial charge >= 0.3 is 6.18 Å². The number of hydrogen-bond donors (Lipinski definition) is 4. The van der Waals surface area contributed by atoms with Gasteiger partial charge in [0.05, 0.1) is 5.56 Å². The molecule has 1 aromatic carbocycles. The number of amides is 1. The van der Waals surface area contributed by atoms with Crippen molar-refractivity contribution in [2.24, 2.45) is 10.8 Å². The van der Waals surface area contributed by atoms with Crippen LogP contribution >= 0.6 is 0 Å². The number of nitrogens with one attached hydrogen (secondary N) is 1. The zero-order chi connectivity index (χ0) is 29.0. The van der Waals surface area contributed by atoms with Crippen LogP contribution in [0.15, 0.2) is 55.0 Å². The maximum atomic E-state index is 13.0. The van der Waals surface area contributed by atoms with Gasteiger partial charge in [-0.05, 0) is 42.5 Å². The van der Waals surface area contributed by atoms with Gasteiger partial charge in [0.1, 0.15) is 28.7 Å². The van der Waals surface area contributed by atoms with Gasteiger partial charge in [-0.3, -0.25) is 9.20 Å². The Hall–Kier alpha value is -4.03. The van der Waals surface area contributed by atoms with E-state index in [-0.39, 0.29) is 23.1 Å². The molecule has 9 nitrogen and oxygen atoms in total. The van der Waals surface area contributed by atoms with Crippen molar-refractivity contribution in [3.05, 3.63) is 71.9 Å². The molecule has 40 heavy (non-hydrogen) atoms. The third kappa shape index (κ3) is 4.46. The Bertz CT molecular complexity index is 1580. The van der Waals surface area contributed by atoms with Crippen LogP contribution in [0.1, 0.15) is 61.3 Å². The van der Waals surface area contributed by atoms with Crippen molar-refractivity contribution in [2.75, 3.05) is 11.1 Å². The molecular formula is C28H29F3N6O3. The van der Waals surface area contributed by atoms with Gasteiger partial charge in [-0.25, -0.2) is 15.0 Å². The van der Waals surface area contributed by atoms with Gasteiger partial charge in [0.15, 0.2) is 6.29 Å². The van der Waals surface area contributed by atoms with Crippen LogP contribution in [0.2, 0.25) is 0 Å². The summed E-state index contributed by atoms with van der Waals surface area (Å²) in [5.41, 5.74) is 6.09. The summed E-state index contributed by atoms with van der Waals surface area (Å²) in [6.45, 7) is 5.87. The molecule has 1 saturated carbocycles. The predicted molar refractivity (Wildman–Crippen MR) is 142 cm³/mol. The molecule has 1 amide bonds. The van der Waals surface area contributed by atoms with Gasteiger partial charge in [0, 0.05) is 41.1 Å². The Morgan fingerprint density at radius 3 is 2.45 bits per heavy atom. The highest BCUT2D eigenvalue weighted by Gasteiger charge is 2.56. The molecule has 0 spiro atoms. The second-order valence-corrected chi connectivity index (χ2v) is 10.9. The number of nitrogens with two attached hydrogens (primary N) is 1. The minimum atomic E-state index is -4.56. The third-order valence-electron chi connectivity index (χ3n) is 8.54. The maximum absolute atomic E-state index is 13.0. The highest BCUT2D eigenvalue weighted by atomic mass is 19.4. The Balaban J connectivity index is 1.48. The Morgan fingerprint density at radius 2 is 1.82 bits per heavy atom. The van der Waals surface area contributed by atoms with Crippen molar-refractivity contribution < 1.29 is 28.2 Å². The molecule has 0 saturated heterocycles. The van der Waals surface area contributed by atoms with Gasteiger partial charge < -0.3 is 21.3 Å². The number of rotatable bonds is 5. The van der Waals surface area contributed by atoms with Crippen LogP contribution in [0.4, 0.5) is 24.8 Å². The second-order valence-electron chi connectivity index (χ2n) is 10.9. The predicted octanol–water partition coefficient (Wildman–Crippen LogP) is 4.87. The molecule has 12 heteroatoms. The number of nitrogen functional groups attached to an aromatic ring is 1. The van der Waals surface area contributed by atoms with E-state index in [4.69, 9.17) is 10.7 Å². The van der Waals surface area contributed by atoms with Gasteiger partial charge in [-0.1, -0.05) is 32.9 Å². The van der Waals surface area contributed by atoms with Crippen LogP contribution in [0.5, 0.6) is 0 Å². The number of aliphatic hydroxyl groups is 2.